The van der Waals surface area contributed by atoms with E-state index in [0.717, 1.165) is 6.54 Å². The zero-order valence-electron chi connectivity index (χ0n) is 16.1. The molecule has 5 rings (SSSR count). The molecule has 0 unspecified atom stereocenters. The van der Waals surface area contributed by atoms with E-state index in [1.807, 2.05) is 0 Å². The van der Waals surface area contributed by atoms with E-state index in [4.69, 9.17) is 0 Å². The molecule has 1 aromatic heterocycles. The first kappa shape index (κ1) is 17.9. The van der Waals surface area contributed by atoms with Gasteiger partial charge in [0.15, 0.2) is 0 Å². The minimum atomic E-state index is -0.647. The Bertz CT molecular complexity index is 1170. The van der Waals surface area contributed by atoms with Crippen LogP contribution in [0.25, 0.3) is 10.9 Å². The lowest BCUT2D eigenvalue weighted by Crippen LogP contribution is -2.26. The predicted octanol–water partition coefficient (Wildman–Crippen LogP) is 5.45. The number of hydrogen-bond donors (Lipinski definition) is 0. The molecule has 2 heteroatoms. The van der Waals surface area contributed by atoms with Crippen molar-refractivity contribution in [1.29, 1.82) is 0 Å². The van der Waals surface area contributed by atoms with Gasteiger partial charge < -0.3 is 4.57 Å². The van der Waals surface area contributed by atoms with Gasteiger partial charge in [0.1, 0.15) is 0 Å². The van der Waals surface area contributed by atoms with E-state index in [1.165, 1.54) is 32.5 Å². The smallest absolute Gasteiger partial charge is 0.0515 e. The molecule has 0 fully saturated rings. The summed E-state index contributed by atoms with van der Waals surface area (Å²) in [5.74, 6) is 0. The van der Waals surface area contributed by atoms with Gasteiger partial charge in [-0.1, -0.05) is 109 Å². The van der Waals surface area contributed by atoms with Gasteiger partial charge in [0.2, 0.25) is 0 Å². The standard InChI is InChI=1S/C27H22NP/c1-4-12-22(13-5-1)21-28-26-19-11-10-14-23(26)20-27(28)29(24-15-6-2-7-16-24)25-17-8-3-9-18-25/h1-20H,21H2. The van der Waals surface area contributed by atoms with Crippen molar-refractivity contribution in [2.75, 3.05) is 0 Å². The predicted molar refractivity (Wildman–Crippen MR) is 126 cm³/mol. The number of hydrogen-bond acceptors (Lipinski definition) is 0. The van der Waals surface area contributed by atoms with E-state index in [-0.39, 0.29) is 0 Å². The van der Waals surface area contributed by atoms with Gasteiger partial charge in [-0.3, -0.25) is 0 Å². The van der Waals surface area contributed by atoms with Crippen molar-refractivity contribution in [1.82, 2.24) is 4.57 Å². The lowest BCUT2D eigenvalue weighted by molar-refractivity contribution is 0.861. The zero-order valence-corrected chi connectivity index (χ0v) is 17.0. The van der Waals surface area contributed by atoms with Gasteiger partial charge in [-0.05, 0) is 28.3 Å². The zero-order chi connectivity index (χ0) is 19.5. The third-order valence-electron chi connectivity index (χ3n) is 5.23. The molecule has 1 nitrogen and oxygen atoms in total. The first-order valence-corrected chi connectivity index (χ1v) is 11.3. The highest BCUT2D eigenvalue weighted by atomic mass is 31.1. The molecule has 4 aromatic carbocycles. The summed E-state index contributed by atoms with van der Waals surface area (Å²) in [5.41, 5.74) is 4.01. The summed E-state index contributed by atoms with van der Waals surface area (Å²) in [4.78, 5) is 0. The minimum Gasteiger partial charge on any atom is -0.336 e. The number of nitrogens with zero attached hydrogens (tertiary/aromatic N) is 1. The van der Waals surface area contributed by atoms with Crippen LogP contribution >= 0.6 is 7.92 Å². The molecule has 0 bridgehead atoms. The molecule has 0 spiro atoms. The number of fused-ring (bicyclic) bond motifs is 1. The lowest BCUT2D eigenvalue weighted by atomic mass is 10.2. The molecule has 0 amide bonds. The Hall–Kier alpha value is -3.15. The van der Waals surface area contributed by atoms with E-state index in [0.29, 0.717) is 0 Å². The summed E-state index contributed by atoms with van der Waals surface area (Å²) in [5, 5.41) is 4.06. The molecule has 0 radical (unpaired) electrons. The minimum absolute atomic E-state index is 0.647. The number of benzene rings is 4. The molecular weight excluding hydrogens is 369 g/mol. The Kier molecular flexibility index (Phi) is 4.99. The summed E-state index contributed by atoms with van der Waals surface area (Å²) in [6, 6.07) is 43.8. The van der Waals surface area contributed by atoms with Gasteiger partial charge in [0.05, 0.1) is 5.44 Å². The van der Waals surface area contributed by atoms with Crippen molar-refractivity contribution in [2.24, 2.45) is 0 Å². The quantitative estimate of drug-likeness (QED) is 0.351. The van der Waals surface area contributed by atoms with Crippen LogP contribution in [0.3, 0.4) is 0 Å². The average Bonchev–Trinajstić information content (AvgIpc) is 3.14. The highest BCUT2D eigenvalue weighted by Gasteiger charge is 2.22. The second-order valence-corrected chi connectivity index (χ2v) is 9.30. The van der Waals surface area contributed by atoms with E-state index < -0.39 is 7.92 Å². The highest BCUT2D eigenvalue weighted by molar-refractivity contribution is 7.79. The lowest BCUT2D eigenvalue weighted by Gasteiger charge is -2.22. The SMILES string of the molecule is c1ccc(Cn2c(P(c3ccccc3)c3ccccc3)cc3ccccc32)cc1. The fraction of sp³-hybridized carbons (Fsp3) is 0.0370. The normalized spacial score (nSPS) is 11.2. The summed E-state index contributed by atoms with van der Waals surface area (Å²) >= 11 is 0. The van der Waals surface area contributed by atoms with Gasteiger partial charge >= 0.3 is 0 Å². The summed E-state index contributed by atoms with van der Waals surface area (Å²) in [6.07, 6.45) is 0. The molecule has 0 aliphatic carbocycles. The summed E-state index contributed by atoms with van der Waals surface area (Å²) in [7, 11) is -0.647. The fourth-order valence-corrected chi connectivity index (χ4v) is 6.34. The molecule has 5 aromatic rings. The Balaban J connectivity index is 1.74. The van der Waals surface area contributed by atoms with E-state index in [1.54, 1.807) is 0 Å². The van der Waals surface area contributed by atoms with Crippen LogP contribution in [-0.4, -0.2) is 4.57 Å². The summed E-state index contributed by atoms with van der Waals surface area (Å²) in [6.45, 7) is 0.877. The van der Waals surface area contributed by atoms with Crippen LogP contribution in [0.4, 0.5) is 0 Å². The highest BCUT2D eigenvalue weighted by Crippen LogP contribution is 2.35. The van der Waals surface area contributed by atoms with Crippen molar-refractivity contribution >= 4 is 34.9 Å². The van der Waals surface area contributed by atoms with E-state index in [9.17, 15) is 0 Å². The third kappa shape index (κ3) is 3.62. The van der Waals surface area contributed by atoms with Gasteiger partial charge in [0.25, 0.3) is 0 Å². The molecule has 0 saturated heterocycles. The van der Waals surface area contributed by atoms with Crippen molar-refractivity contribution < 1.29 is 0 Å². The number of aromatic nitrogens is 1. The molecule has 0 aliphatic rings. The Morgan fingerprint density at radius 3 is 1.69 bits per heavy atom. The van der Waals surface area contributed by atoms with Gasteiger partial charge in [0, 0.05) is 25.4 Å². The monoisotopic (exact) mass is 391 g/mol. The molecule has 29 heavy (non-hydrogen) atoms. The van der Waals surface area contributed by atoms with Crippen LogP contribution in [0.5, 0.6) is 0 Å². The maximum Gasteiger partial charge on any atom is 0.0515 e. The fourth-order valence-electron chi connectivity index (χ4n) is 3.88. The second kappa shape index (κ2) is 8.07. The number of para-hydroxylation sites is 1. The van der Waals surface area contributed by atoms with Gasteiger partial charge in [-0.2, -0.15) is 0 Å². The van der Waals surface area contributed by atoms with E-state index in [2.05, 4.69) is 126 Å². The average molecular weight is 391 g/mol. The molecular formula is C27H22NP. The second-order valence-electron chi connectivity index (χ2n) is 7.14. The van der Waals surface area contributed by atoms with E-state index >= 15 is 0 Å². The van der Waals surface area contributed by atoms with Crippen LogP contribution in [-0.2, 0) is 6.54 Å². The van der Waals surface area contributed by atoms with Crippen molar-refractivity contribution in [3.8, 4) is 0 Å². The van der Waals surface area contributed by atoms with Crippen LogP contribution < -0.4 is 16.0 Å². The first-order chi connectivity index (χ1) is 14.4. The van der Waals surface area contributed by atoms with Crippen LogP contribution in [0, 0.1) is 0 Å². The van der Waals surface area contributed by atoms with Gasteiger partial charge in [-0.25, -0.2) is 0 Å². The van der Waals surface area contributed by atoms with Crippen molar-refractivity contribution in [3.63, 3.8) is 0 Å². The molecule has 0 N–H and O–H groups in total. The van der Waals surface area contributed by atoms with Crippen LogP contribution in [0.15, 0.2) is 121 Å². The Labute approximate surface area is 173 Å². The Morgan fingerprint density at radius 1 is 0.552 bits per heavy atom. The molecule has 140 valence electrons. The first-order valence-electron chi connectivity index (χ1n) is 9.92. The van der Waals surface area contributed by atoms with Crippen molar-refractivity contribution in [2.45, 2.75) is 6.54 Å². The molecule has 0 aliphatic heterocycles. The van der Waals surface area contributed by atoms with Crippen molar-refractivity contribution in [3.05, 3.63) is 127 Å². The third-order valence-corrected chi connectivity index (χ3v) is 7.69. The maximum absolute atomic E-state index is 2.51. The molecule has 0 saturated carbocycles. The molecule has 0 atom stereocenters. The molecule has 1 heterocycles. The topological polar surface area (TPSA) is 4.93 Å². The maximum atomic E-state index is 2.51. The van der Waals surface area contributed by atoms with Crippen LogP contribution in [0.1, 0.15) is 5.56 Å². The largest absolute Gasteiger partial charge is 0.336 e. The Morgan fingerprint density at radius 2 is 1.07 bits per heavy atom. The summed E-state index contributed by atoms with van der Waals surface area (Å²) < 4.78 is 2.51. The van der Waals surface area contributed by atoms with Crippen LogP contribution in [0.2, 0.25) is 0 Å². The number of rotatable bonds is 5. The van der Waals surface area contributed by atoms with Gasteiger partial charge in [-0.15, -0.1) is 0 Å².